The van der Waals surface area contributed by atoms with Crippen LogP contribution in [-0.2, 0) is 11.3 Å². The lowest BCUT2D eigenvalue weighted by Crippen LogP contribution is -2.34. The molecule has 140 valence electrons. The molecule has 0 atom stereocenters. The van der Waals surface area contributed by atoms with Crippen LogP contribution in [0.1, 0.15) is 43.0 Å². The quantitative estimate of drug-likeness (QED) is 0.444. The topological polar surface area (TPSA) is 36.3 Å². The van der Waals surface area contributed by atoms with Crippen LogP contribution in [0.25, 0.3) is 0 Å². The molecule has 1 aliphatic rings. The number of hydrogen-bond donors (Lipinski definition) is 1. The van der Waals surface area contributed by atoms with Crippen molar-refractivity contribution in [2.75, 3.05) is 18.1 Å². The van der Waals surface area contributed by atoms with Crippen LogP contribution in [0.15, 0.2) is 36.4 Å². The average Bonchev–Trinajstić information content (AvgIpc) is 2.81. The first-order valence-corrected chi connectivity index (χ1v) is 9.12. The molecule has 0 saturated heterocycles. The number of nitrogens with one attached hydrogen (secondary N) is 1. The molecule has 2 aromatic carbocycles. The van der Waals surface area contributed by atoms with Gasteiger partial charge in [0.1, 0.15) is 11.7 Å². The zero-order valence-corrected chi connectivity index (χ0v) is 16.3. The molecule has 0 amide bonds. The molecular weight excluding hydrogens is 339 g/mol. The number of nitrogens with zero attached hydrogens (tertiary/aromatic N) is 1. The summed E-state index contributed by atoms with van der Waals surface area (Å²) < 4.78 is 20.2. The first kappa shape index (κ1) is 19.1. The van der Waals surface area contributed by atoms with E-state index in [4.69, 9.17) is 10.1 Å². The zero-order chi connectivity index (χ0) is 19.6. The van der Waals surface area contributed by atoms with E-state index in [1.165, 1.54) is 6.07 Å². The predicted molar refractivity (Wildman–Crippen MR) is 108 cm³/mol. The third kappa shape index (κ3) is 4.20. The summed E-state index contributed by atoms with van der Waals surface area (Å²) in [7, 11) is 0. The van der Waals surface area contributed by atoms with Gasteiger partial charge in [-0.2, -0.15) is 0 Å². The lowest BCUT2D eigenvalue weighted by atomic mass is 9.96. The van der Waals surface area contributed by atoms with Crippen molar-refractivity contribution in [1.29, 1.82) is 5.41 Å². The molecule has 0 spiro atoms. The van der Waals surface area contributed by atoms with E-state index in [-0.39, 0.29) is 17.1 Å². The lowest BCUT2D eigenvalue weighted by molar-refractivity contribution is 0.133. The number of benzene rings is 2. The molecule has 2 aromatic rings. The maximum atomic E-state index is 14.4. The van der Waals surface area contributed by atoms with Gasteiger partial charge in [0.25, 0.3) is 0 Å². The smallest absolute Gasteiger partial charge is 0.135 e. The van der Waals surface area contributed by atoms with Crippen LogP contribution in [0.2, 0.25) is 0 Å². The van der Waals surface area contributed by atoms with Gasteiger partial charge in [0.2, 0.25) is 0 Å². The predicted octanol–water partition coefficient (Wildman–Crippen LogP) is 4.89. The van der Waals surface area contributed by atoms with E-state index in [0.29, 0.717) is 25.3 Å². The van der Waals surface area contributed by atoms with Gasteiger partial charge in [-0.25, -0.2) is 4.39 Å². The molecule has 3 rings (SSSR count). The number of fused-ring (bicyclic) bond motifs is 1. The Kier molecular flexibility index (Phi) is 5.34. The number of hydrogen-bond acceptors (Lipinski definition) is 2. The molecule has 0 fully saturated rings. The molecule has 0 bridgehead atoms. The van der Waals surface area contributed by atoms with Gasteiger partial charge in [-0.3, -0.25) is 5.41 Å². The van der Waals surface area contributed by atoms with Gasteiger partial charge in [-0.05, 0) is 51.5 Å². The van der Waals surface area contributed by atoms with E-state index >= 15 is 0 Å². The molecule has 0 unspecified atom stereocenters. The summed E-state index contributed by atoms with van der Waals surface area (Å²) in [6.45, 7) is 9.44. The van der Waals surface area contributed by atoms with Crippen LogP contribution in [0.5, 0.6) is 0 Å². The Hall–Kier alpha value is -2.64. The molecule has 1 heterocycles. The van der Waals surface area contributed by atoms with Crippen molar-refractivity contribution < 1.29 is 9.13 Å². The number of amidine groups is 1. The molecule has 0 aromatic heterocycles. The molecule has 27 heavy (non-hydrogen) atoms. The highest BCUT2D eigenvalue weighted by Crippen LogP contribution is 2.29. The summed E-state index contributed by atoms with van der Waals surface area (Å²) in [6, 6.07) is 10.8. The number of ether oxygens (including phenoxy) is 1. The Bertz CT molecular complexity index is 911. The van der Waals surface area contributed by atoms with Crippen molar-refractivity contribution >= 4 is 11.5 Å². The number of aryl methyl sites for hydroxylation is 1. The molecule has 0 aliphatic carbocycles. The maximum Gasteiger partial charge on any atom is 0.135 e. The minimum absolute atomic E-state index is 0.106. The van der Waals surface area contributed by atoms with Crippen LogP contribution in [-0.4, -0.2) is 19.0 Å². The summed E-state index contributed by atoms with van der Waals surface area (Å²) in [5, 5.41) is 8.70. The Morgan fingerprint density at radius 1 is 1.19 bits per heavy atom. The molecule has 0 saturated carbocycles. The number of halogens is 1. The minimum Gasteiger partial charge on any atom is -0.375 e. The summed E-state index contributed by atoms with van der Waals surface area (Å²) in [4.78, 5) is 1.83. The SMILES string of the molecule is Cc1cccc(F)c1C(=N)N1CCOCc2c(C#CC(C)(C)C)cccc21. The van der Waals surface area contributed by atoms with Gasteiger partial charge in [0.05, 0.1) is 18.8 Å². The molecular formula is C23H25FN2O. The summed E-state index contributed by atoms with van der Waals surface area (Å²) >= 11 is 0. The van der Waals surface area contributed by atoms with E-state index < -0.39 is 0 Å². The summed E-state index contributed by atoms with van der Waals surface area (Å²) in [5.74, 6) is 6.30. The highest BCUT2D eigenvalue weighted by atomic mass is 19.1. The van der Waals surface area contributed by atoms with Crippen molar-refractivity contribution in [1.82, 2.24) is 0 Å². The van der Waals surface area contributed by atoms with Crippen molar-refractivity contribution in [2.45, 2.75) is 34.3 Å². The molecule has 1 N–H and O–H groups in total. The van der Waals surface area contributed by atoms with E-state index in [2.05, 4.69) is 32.6 Å². The van der Waals surface area contributed by atoms with E-state index in [0.717, 1.165) is 22.4 Å². The molecule has 3 nitrogen and oxygen atoms in total. The van der Waals surface area contributed by atoms with E-state index in [9.17, 15) is 4.39 Å². The van der Waals surface area contributed by atoms with Gasteiger partial charge in [-0.15, -0.1) is 0 Å². The Morgan fingerprint density at radius 2 is 1.93 bits per heavy atom. The molecule has 1 aliphatic heterocycles. The van der Waals surface area contributed by atoms with Crippen molar-refractivity contribution in [3.05, 3.63) is 64.5 Å². The second-order valence-corrected chi connectivity index (χ2v) is 7.79. The van der Waals surface area contributed by atoms with Crippen LogP contribution < -0.4 is 4.90 Å². The Labute approximate surface area is 160 Å². The Balaban J connectivity index is 2.08. The normalized spacial score (nSPS) is 14.0. The monoisotopic (exact) mass is 364 g/mol. The summed E-state index contributed by atoms with van der Waals surface area (Å²) in [5.41, 5.74) is 3.68. The first-order chi connectivity index (χ1) is 12.8. The third-order valence-corrected chi connectivity index (χ3v) is 4.45. The molecule has 0 radical (unpaired) electrons. The van der Waals surface area contributed by atoms with E-state index in [1.807, 2.05) is 36.1 Å². The number of rotatable bonds is 1. The van der Waals surface area contributed by atoms with Crippen LogP contribution in [0.4, 0.5) is 10.1 Å². The lowest BCUT2D eigenvalue weighted by Gasteiger charge is -2.26. The number of anilines is 1. The highest BCUT2D eigenvalue weighted by molar-refractivity contribution is 6.09. The van der Waals surface area contributed by atoms with Gasteiger partial charge < -0.3 is 9.64 Å². The average molecular weight is 364 g/mol. The minimum atomic E-state index is -0.379. The second-order valence-electron chi connectivity index (χ2n) is 7.79. The Morgan fingerprint density at radius 3 is 2.63 bits per heavy atom. The second kappa shape index (κ2) is 7.54. The standard InChI is InChI=1S/C23H25FN2O/c1-16-7-5-9-19(24)21(16)22(25)26-13-14-27-15-18-17(8-6-10-20(18)26)11-12-23(2,3)4/h5-10,25H,13-15H2,1-4H3. The van der Waals surface area contributed by atoms with Crippen molar-refractivity contribution in [3.8, 4) is 11.8 Å². The largest absolute Gasteiger partial charge is 0.375 e. The molecule has 4 heteroatoms. The fraction of sp³-hybridized carbons (Fsp3) is 0.348. The van der Waals surface area contributed by atoms with Crippen LogP contribution in [0, 0.1) is 35.4 Å². The first-order valence-electron chi connectivity index (χ1n) is 9.12. The third-order valence-electron chi connectivity index (χ3n) is 4.45. The van der Waals surface area contributed by atoms with Gasteiger partial charge >= 0.3 is 0 Å². The van der Waals surface area contributed by atoms with Gasteiger partial charge in [0.15, 0.2) is 0 Å². The van der Waals surface area contributed by atoms with Gasteiger partial charge in [-0.1, -0.05) is 30.0 Å². The summed E-state index contributed by atoms with van der Waals surface area (Å²) in [6.07, 6.45) is 0. The fourth-order valence-electron chi connectivity index (χ4n) is 3.10. The highest BCUT2D eigenvalue weighted by Gasteiger charge is 2.24. The fourth-order valence-corrected chi connectivity index (χ4v) is 3.10. The van der Waals surface area contributed by atoms with Gasteiger partial charge in [0, 0.05) is 28.8 Å². The van der Waals surface area contributed by atoms with Crippen molar-refractivity contribution in [3.63, 3.8) is 0 Å². The van der Waals surface area contributed by atoms with Crippen molar-refractivity contribution in [2.24, 2.45) is 5.41 Å². The maximum absolute atomic E-state index is 14.4. The van der Waals surface area contributed by atoms with Crippen LogP contribution in [0.3, 0.4) is 0 Å². The van der Waals surface area contributed by atoms with E-state index in [1.54, 1.807) is 6.07 Å². The zero-order valence-electron chi connectivity index (χ0n) is 16.3. The van der Waals surface area contributed by atoms with Crippen LogP contribution >= 0.6 is 0 Å².